The lowest BCUT2D eigenvalue weighted by Gasteiger charge is -2.08. The van der Waals surface area contributed by atoms with Crippen molar-refractivity contribution in [3.8, 4) is 11.5 Å². The summed E-state index contributed by atoms with van der Waals surface area (Å²) in [6.07, 6.45) is 0. The van der Waals surface area contributed by atoms with Gasteiger partial charge in [-0.1, -0.05) is 0 Å². The molecular weight excluding hydrogens is 244 g/mol. The van der Waals surface area contributed by atoms with Gasteiger partial charge < -0.3 is 20.9 Å². The number of hydrogen-bond acceptors (Lipinski definition) is 4. The van der Waals surface area contributed by atoms with Crippen LogP contribution in [-0.2, 0) is 0 Å². The minimum absolute atomic E-state index is 0.00784. The largest absolute Gasteiger partial charge is 0.504 e. The zero-order valence-electron chi connectivity index (χ0n) is 10.4. The lowest BCUT2D eigenvalue weighted by Crippen LogP contribution is -2.11. The van der Waals surface area contributed by atoms with E-state index in [4.69, 9.17) is 10.5 Å². The Morgan fingerprint density at radius 3 is 2.53 bits per heavy atom. The SMILES string of the molecule is COc1cc(C(=O)Nc2ccc(N)cc2)ccc1O. The number of carbonyl (C=O) groups is 1. The van der Waals surface area contributed by atoms with E-state index in [-0.39, 0.29) is 17.4 Å². The van der Waals surface area contributed by atoms with E-state index in [1.807, 2.05) is 0 Å². The fraction of sp³-hybridized carbons (Fsp3) is 0.0714. The third-order valence-corrected chi connectivity index (χ3v) is 2.61. The molecule has 4 N–H and O–H groups in total. The topological polar surface area (TPSA) is 84.6 Å². The fourth-order valence-electron chi connectivity index (χ4n) is 1.59. The maximum atomic E-state index is 12.0. The highest BCUT2D eigenvalue weighted by molar-refractivity contribution is 6.04. The van der Waals surface area contributed by atoms with Crippen LogP contribution in [0.25, 0.3) is 0 Å². The van der Waals surface area contributed by atoms with Crippen LogP contribution in [0.4, 0.5) is 11.4 Å². The molecule has 0 bridgehead atoms. The zero-order chi connectivity index (χ0) is 13.8. The van der Waals surface area contributed by atoms with E-state index in [9.17, 15) is 9.90 Å². The fourth-order valence-corrected chi connectivity index (χ4v) is 1.59. The number of methoxy groups -OCH3 is 1. The van der Waals surface area contributed by atoms with E-state index >= 15 is 0 Å². The minimum atomic E-state index is -0.289. The van der Waals surface area contributed by atoms with Crippen LogP contribution in [0.15, 0.2) is 42.5 Å². The zero-order valence-corrected chi connectivity index (χ0v) is 10.4. The van der Waals surface area contributed by atoms with Gasteiger partial charge in [-0.15, -0.1) is 0 Å². The molecule has 5 nitrogen and oxygen atoms in total. The predicted octanol–water partition coefficient (Wildman–Crippen LogP) is 2.24. The number of benzene rings is 2. The van der Waals surface area contributed by atoms with Crippen LogP contribution in [0.1, 0.15) is 10.4 Å². The van der Waals surface area contributed by atoms with E-state index in [2.05, 4.69) is 5.32 Å². The Kier molecular flexibility index (Phi) is 3.56. The number of nitrogen functional groups attached to an aromatic ring is 1. The number of anilines is 2. The molecule has 0 aliphatic rings. The summed E-state index contributed by atoms with van der Waals surface area (Å²) in [6.45, 7) is 0. The standard InChI is InChI=1S/C14H14N2O3/c1-19-13-8-9(2-7-12(13)17)14(18)16-11-5-3-10(15)4-6-11/h2-8,17H,15H2,1H3,(H,16,18). The van der Waals surface area contributed by atoms with Crippen LogP contribution in [0.5, 0.6) is 11.5 Å². The molecule has 19 heavy (non-hydrogen) atoms. The number of hydrogen-bond donors (Lipinski definition) is 3. The monoisotopic (exact) mass is 258 g/mol. The normalized spacial score (nSPS) is 9.95. The summed E-state index contributed by atoms with van der Waals surface area (Å²) >= 11 is 0. The van der Waals surface area contributed by atoms with E-state index < -0.39 is 0 Å². The van der Waals surface area contributed by atoms with Crippen molar-refractivity contribution in [3.63, 3.8) is 0 Å². The molecule has 0 aliphatic heterocycles. The summed E-state index contributed by atoms with van der Waals surface area (Å²) in [5.74, 6) is -0.0421. The highest BCUT2D eigenvalue weighted by Crippen LogP contribution is 2.26. The molecular formula is C14H14N2O3. The van der Waals surface area contributed by atoms with Gasteiger partial charge in [0.05, 0.1) is 7.11 Å². The Morgan fingerprint density at radius 2 is 1.89 bits per heavy atom. The van der Waals surface area contributed by atoms with Gasteiger partial charge in [-0.2, -0.15) is 0 Å². The number of phenols is 1. The van der Waals surface area contributed by atoms with Crippen molar-refractivity contribution in [3.05, 3.63) is 48.0 Å². The number of amides is 1. The number of phenolic OH excluding ortho intramolecular Hbond substituents is 1. The molecule has 0 heterocycles. The van der Waals surface area contributed by atoms with Crippen molar-refractivity contribution in [1.29, 1.82) is 0 Å². The van der Waals surface area contributed by atoms with Gasteiger partial charge in [0.15, 0.2) is 11.5 Å². The maximum absolute atomic E-state index is 12.0. The van der Waals surface area contributed by atoms with Gasteiger partial charge in [0.25, 0.3) is 5.91 Å². The molecule has 2 aromatic rings. The molecule has 2 rings (SSSR count). The summed E-state index contributed by atoms with van der Waals surface area (Å²) in [6, 6.07) is 11.2. The van der Waals surface area contributed by atoms with Crippen LogP contribution in [0, 0.1) is 0 Å². The Labute approximate surface area is 110 Å². The van der Waals surface area contributed by atoms with Crippen LogP contribution in [0.2, 0.25) is 0 Å². The average molecular weight is 258 g/mol. The number of nitrogens with one attached hydrogen (secondary N) is 1. The average Bonchev–Trinajstić information content (AvgIpc) is 2.42. The molecule has 0 aromatic heterocycles. The second-order valence-electron chi connectivity index (χ2n) is 3.96. The van der Waals surface area contributed by atoms with Crippen molar-refractivity contribution < 1.29 is 14.6 Å². The second kappa shape index (κ2) is 5.30. The minimum Gasteiger partial charge on any atom is -0.504 e. The quantitative estimate of drug-likeness (QED) is 0.737. The van der Waals surface area contributed by atoms with E-state index in [0.717, 1.165) is 0 Å². The highest BCUT2D eigenvalue weighted by atomic mass is 16.5. The first-order chi connectivity index (χ1) is 9.10. The number of ether oxygens (including phenoxy) is 1. The van der Waals surface area contributed by atoms with E-state index in [1.54, 1.807) is 24.3 Å². The number of rotatable bonds is 3. The summed E-state index contributed by atoms with van der Waals surface area (Å²) in [5, 5.41) is 12.2. The molecule has 0 saturated carbocycles. The van der Waals surface area contributed by atoms with Crippen molar-refractivity contribution in [2.75, 3.05) is 18.2 Å². The molecule has 2 aromatic carbocycles. The molecule has 5 heteroatoms. The van der Waals surface area contributed by atoms with Crippen LogP contribution in [-0.4, -0.2) is 18.1 Å². The third kappa shape index (κ3) is 2.95. The number of nitrogens with two attached hydrogens (primary N) is 1. The van der Waals surface area contributed by atoms with Gasteiger partial charge in [-0.05, 0) is 42.5 Å². The summed E-state index contributed by atoms with van der Waals surface area (Å²) in [4.78, 5) is 12.0. The van der Waals surface area contributed by atoms with Gasteiger partial charge in [-0.3, -0.25) is 4.79 Å². The molecule has 0 atom stereocenters. The molecule has 0 radical (unpaired) electrons. The molecule has 1 amide bonds. The summed E-state index contributed by atoms with van der Waals surface area (Å²) in [7, 11) is 1.43. The smallest absolute Gasteiger partial charge is 0.255 e. The first kappa shape index (κ1) is 12.8. The molecule has 0 unspecified atom stereocenters. The van der Waals surface area contributed by atoms with Crippen LogP contribution < -0.4 is 15.8 Å². The van der Waals surface area contributed by atoms with Gasteiger partial charge in [0, 0.05) is 16.9 Å². The van der Waals surface area contributed by atoms with Crippen LogP contribution in [0.3, 0.4) is 0 Å². The van der Waals surface area contributed by atoms with Gasteiger partial charge in [0.2, 0.25) is 0 Å². The lowest BCUT2D eigenvalue weighted by molar-refractivity contribution is 0.102. The van der Waals surface area contributed by atoms with Crippen molar-refractivity contribution in [2.24, 2.45) is 0 Å². The first-order valence-electron chi connectivity index (χ1n) is 5.64. The van der Waals surface area contributed by atoms with Crippen molar-refractivity contribution in [1.82, 2.24) is 0 Å². The molecule has 98 valence electrons. The van der Waals surface area contributed by atoms with Crippen molar-refractivity contribution >= 4 is 17.3 Å². The summed E-state index contributed by atoms with van der Waals surface area (Å²) < 4.78 is 4.96. The number of aromatic hydroxyl groups is 1. The first-order valence-corrected chi connectivity index (χ1v) is 5.64. The Balaban J connectivity index is 2.18. The maximum Gasteiger partial charge on any atom is 0.255 e. The second-order valence-corrected chi connectivity index (χ2v) is 3.96. The van der Waals surface area contributed by atoms with Crippen molar-refractivity contribution in [2.45, 2.75) is 0 Å². The Hall–Kier alpha value is -2.69. The van der Waals surface area contributed by atoms with Crippen LogP contribution >= 0.6 is 0 Å². The third-order valence-electron chi connectivity index (χ3n) is 2.61. The van der Waals surface area contributed by atoms with E-state index in [0.29, 0.717) is 16.9 Å². The number of carbonyl (C=O) groups excluding carboxylic acids is 1. The van der Waals surface area contributed by atoms with E-state index in [1.165, 1.54) is 25.3 Å². The summed E-state index contributed by atoms with van der Waals surface area (Å²) in [5.41, 5.74) is 7.23. The van der Waals surface area contributed by atoms with Gasteiger partial charge in [0.1, 0.15) is 0 Å². The predicted molar refractivity (Wildman–Crippen MR) is 73.5 cm³/mol. The Morgan fingerprint density at radius 1 is 1.21 bits per heavy atom. The molecule has 0 aliphatic carbocycles. The lowest BCUT2D eigenvalue weighted by atomic mass is 10.2. The molecule has 0 fully saturated rings. The molecule has 0 spiro atoms. The van der Waals surface area contributed by atoms with Gasteiger partial charge in [-0.25, -0.2) is 0 Å². The Bertz CT molecular complexity index is 594. The van der Waals surface area contributed by atoms with Gasteiger partial charge >= 0.3 is 0 Å². The molecule has 0 saturated heterocycles. The highest BCUT2D eigenvalue weighted by Gasteiger charge is 2.09.